The summed E-state index contributed by atoms with van der Waals surface area (Å²) < 4.78 is 2.59. The summed E-state index contributed by atoms with van der Waals surface area (Å²) in [4.78, 5) is 45.2. The van der Waals surface area contributed by atoms with Crippen molar-refractivity contribution in [1.82, 2.24) is 9.55 Å². The van der Waals surface area contributed by atoms with Crippen molar-refractivity contribution in [2.75, 3.05) is 28.6 Å². The monoisotopic (exact) mass is 583 g/mol. The van der Waals surface area contributed by atoms with Gasteiger partial charge in [0, 0.05) is 65.4 Å². The maximum Gasteiger partial charge on any atom is 0.256 e. The van der Waals surface area contributed by atoms with Crippen LogP contribution in [0.1, 0.15) is 38.7 Å². The molecule has 2 aromatic heterocycles. The highest BCUT2D eigenvalue weighted by Gasteiger charge is 2.35. The minimum absolute atomic E-state index is 0.0432. The minimum atomic E-state index is -0.284. The first-order valence-corrected chi connectivity index (χ1v) is 13.6. The molecule has 2 amide bonds. The molecule has 39 heavy (non-hydrogen) atoms. The summed E-state index contributed by atoms with van der Waals surface area (Å²) in [5, 5.41) is 5.94. The van der Waals surface area contributed by atoms with Gasteiger partial charge >= 0.3 is 0 Å². The fourth-order valence-corrected chi connectivity index (χ4v) is 6.08. The Labute approximate surface area is 233 Å². The molecule has 1 saturated heterocycles. The van der Waals surface area contributed by atoms with Crippen LogP contribution in [0, 0.1) is 5.92 Å². The average molecular weight is 584 g/mol. The summed E-state index contributed by atoms with van der Waals surface area (Å²) in [6, 6.07) is 21.6. The highest BCUT2D eigenvalue weighted by Crippen LogP contribution is 2.39. The lowest BCUT2D eigenvalue weighted by Crippen LogP contribution is -2.47. The fraction of sp³-hybridized carbons (Fsp3) is 0.200. The van der Waals surface area contributed by atoms with Crippen molar-refractivity contribution >= 4 is 44.8 Å². The van der Waals surface area contributed by atoms with Crippen molar-refractivity contribution in [3.05, 3.63) is 117 Å². The molecule has 0 spiro atoms. The van der Waals surface area contributed by atoms with Crippen LogP contribution in [0.5, 0.6) is 0 Å². The van der Waals surface area contributed by atoms with Gasteiger partial charge in [-0.05, 0) is 76.8 Å². The van der Waals surface area contributed by atoms with E-state index in [1.807, 2.05) is 41.0 Å². The number of anilines is 3. The van der Waals surface area contributed by atoms with Gasteiger partial charge in [0.05, 0.1) is 16.9 Å². The third-order valence-electron chi connectivity index (χ3n) is 7.38. The lowest BCUT2D eigenvalue weighted by molar-refractivity contribution is 0.101. The van der Waals surface area contributed by atoms with Crippen molar-refractivity contribution in [2.24, 2.45) is 5.92 Å². The van der Waals surface area contributed by atoms with Gasteiger partial charge in [0.25, 0.3) is 17.4 Å². The van der Waals surface area contributed by atoms with E-state index in [1.54, 1.807) is 48.8 Å². The van der Waals surface area contributed by atoms with Crippen molar-refractivity contribution in [2.45, 2.75) is 18.9 Å². The second-order valence-electron chi connectivity index (χ2n) is 9.96. The maximum absolute atomic E-state index is 13.3. The molecule has 4 aromatic rings. The van der Waals surface area contributed by atoms with E-state index in [0.717, 1.165) is 24.3 Å². The number of pyridine rings is 2. The summed E-state index contributed by atoms with van der Waals surface area (Å²) >= 11 is 3.47. The lowest BCUT2D eigenvalue weighted by atomic mass is 9.83. The summed E-state index contributed by atoms with van der Waals surface area (Å²) in [7, 11) is 0. The Balaban J connectivity index is 1.34. The Morgan fingerprint density at radius 2 is 1.69 bits per heavy atom. The van der Waals surface area contributed by atoms with Gasteiger partial charge in [-0.25, -0.2) is 0 Å². The number of halogens is 1. The van der Waals surface area contributed by atoms with Crippen molar-refractivity contribution in [3.63, 3.8) is 0 Å². The molecule has 0 saturated carbocycles. The third-order valence-corrected chi connectivity index (χ3v) is 8.08. The van der Waals surface area contributed by atoms with Gasteiger partial charge < -0.3 is 20.1 Å². The number of nitrogens with one attached hydrogen (secondary N) is 2. The van der Waals surface area contributed by atoms with Gasteiger partial charge in [0.2, 0.25) is 0 Å². The second-order valence-corrected chi connectivity index (χ2v) is 10.8. The largest absolute Gasteiger partial charge is 0.369 e. The number of aromatic nitrogens is 2. The Morgan fingerprint density at radius 3 is 2.51 bits per heavy atom. The van der Waals surface area contributed by atoms with Crippen LogP contribution in [0.3, 0.4) is 0 Å². The summed E-state index contributed by atoms with van der Waals surface area (Å²) in [5.41, 5.74) is 4.06. The zero-order chi connectivity index (χ0) is 26.9. The van der Waals surface area contributed by atoms with E-state index in [2.05, 4.69) is 36.4 Å². The average Bonchev–Trinajstić information content (AvgIpc) is 2.94. The van der Waals surface area contributed by atoms with Gasteiger partial charge in [-0.1, -0.05) is 18.2 Å². The van der Waals surface area contributed by atoms with Crippen LogP contribution in [-0.2, 0) is 6.54 Å². The molecule has 8 nitrogen and oxygen atoms in total. The maximum atomic E-state index is 13.3. The number of benzene rings is 2. The topological polar surface area (TPSA) is 96.3 Å². The molecule has 2 bridgehead atoms. The Kier molecular flexibility index (Phi) is 6.74. The SMILES string of the molecule is O=C(Nc1ccncc1)c1ccc(N2CC3CC(C2)c2cccc(=O)n2C3)c(NC(=O)c2ccccc2Br)c1. The molecule has 2 unspecified atom stereocenters. The Hall–Kier alpha value is -4.24. The van der Waals surface area contributed by atoms with E-state index in [1.165, 1.54) is 0 Å². The first kappa shape index (κ1) is 25.1. The van der Waals surface area contributed by atoms with Gasteiger partial charge in [-0.3, -0.25) is 19.4 Å². The Bertz CT molecular complexity index is 1620. The number of nitrogens with zero attached hydrogens (tertiary/aromatic N) is 3. The van der Waals surface area contributed by atoms with Gasteiger partial charge in [0.15, 0.2) is 0 Å². The minimum Gasteiger partial charge on any atom is -0.369 e. The van der Waals surface area contributed by atoms with Crippen molar-refractivity contribution in [1.29, 1.82) is 0 Å². The van der Waals surface area contributed by atoms with Gasteiger partial charge in [-0.2, -0.15) is 0 Å². The lowest BCUT2D eigenvalue weighted by Gasteiger charge is -2.44. The molecule has 1 fully saturated rings. The van der Waals surface area contributed by atoms with Crippen LogP contribution in [-0.4, -0.2) is 34.5 Å². The van der Waals surface area contributed by atoms with E-state index >= 15 is 0 Å². The molecule has 2 aromatic carbocycles. The van der Waals surface area contributed by atoms with Crippen molar-refractivity contribution in [3.8, 4) is 0 Å². The number of fused-ring (bicyclic) bond motifs is 4. The summed E-state index contributed by atoms with van der Waals surface area (Å²) in [5.74, 6) is -0.0526. The normalized spacial score (nSPS) is 17.7. The van der Waals surface area contributed by atoms with E-state index in [0.29, 0.717) is 46.0 Å². The smallest absolute Gasteiger partial charge is 0.256 e. The predicted molar refractivity (Wildman–Crippen MR) is 154 cm³/mol. The quantitative estimate of drug-likeness (QED) is 0.339. The molecule has 196 valence electrons. The van der Waals surface area contributed by atoms with E-state index in [4.69, 9.17) is 0 Å². The first-order chi connectivity index (χ1) is 19.0. The second kappa shape index (κ2) is 10.5. The molecule has 2 atom stereocenters. The van der Waals surface area contributed by atoms with Crippen LogP contribution >= 0.6 is 15.9 Å². The standard InChI is InChI=1S/C30H26BrN5O3/c31-24-5-2-1-4-23(24)30(39)34-25-15-20(29(38)33-22-10-12-32-13-11-22)8-9-27(25)35-16-19-14-21(18-35)26-6-3-7-28(37)36(26)17-19/h1-13,15,19,21H,14,16-18H2,(H,34,39)(H,32,33,38). The molecule has 2 aliphatic heterocycles. The van der Waals surface area contributed by atoms with E-state index in [-0.39, 0.29) is 23.3 Å². The first-order valence-electron chi connectivity index (χ1n) is 12.8. The molecule has 4 heterocycles. The van der Waals surface area contributed by atoms with Crippen LogP contribution in [0.15, 0.2) is 94.5 Å². The van der Waals surface area contributed by atoms with E-state index < -0.39 is 0 Å². The molecule has 0 radical (unpaired) electrons. The number of hydrogen-bond acceptors (Lipinski definition) is 5. The molecular weight excluding hydrogens is 558 g/mol. The molecule has 2 aliphatic rings. The van der Waals surface area contributed by atoms with Crippen LogP contribution in [0.4, 0.5) is 17.1 Å². The molecule has 6 rings (SSSR count). The number of carbonyl (C=O) groups is 2. The number of carbonyl (C=O) groups excluding carboxylic acids is 2. The van der Waals surface area contributed by atoms with Crippen LogP contribution < -0.4 is 21.1 Å². The Morgan fingerprint density at radius 1 is 0.872 bits per heavy atom. The number of hydrogen-bond donors (Lipinski definition) is 2. The number of piperidine rings is 1. The highest BCUT2D eigenvalue weighted by atomic mass is 79.9. The van der Waals surface area contributed by atoms with Crippen LogP contribution in [0.2, 0.25) is 0 Å². The highest BCUT2D eigenvalue weighted by molar-refractivity contribution is 9.10. The number of rotatable bonds is 5. The summed E-state index contributed by atoms with van der Waals surface area (Å²) in [6.07, 6.45) is 4.24. The molecule has 0 aliphatic carbocycles. The third kappa shape index (κ3) is 5.09. The van der Waals surface area contributed by atoms with Crippen molar-refractivity contribution < 1.29 is 9.59 Å². The molecular formula is C30H26BrN5O3. The molecule has 2 N–H and O–H groups in total. The number of amides is 2. The fourth-order valence-electron chi connectivity index (χ4n) is 5.62. The van der Waals surface area contributed by atoms with Gasteiger partial charge in [-0.15, -0.1) is 0 Å². The summed E-state index contributed by atoms with van der Waals surface area (Å²) in [6.45, 7) is 2.13. The van der Waals surface area contributed by atoms with Gasteiger partial charge in [0.1, 0.15) is 0 Å². The zero-order valence-corrected chi connectivity index (χ0v) is 22.6. The molecule has 9 heteroatoms. The van der Waals surface area contributed by atoms with Crippen LogP contribution in [0.25, 0.3) is 0 Å². The zero-order valence-electron chi connectivity index (χ0n) is 21.0. The van der Waals surface area contributed by atoms with E-state index in [9.17, 15) is 14.4 Å². The predicted octanol–water partition coefficient (Wildman–Crippen LogP) is 5.13.